The highest BCUT2D eigenvalue weighted by molar-refractivity contribution is 7.11. The van der Waals surface area contributed by atoms with E-state index < -0.39 is 0 Å². The summed E-state index contributed by atoms with van der Waals surface area (Å²) in [5.74, 6) is 0. The molecule has 1 aromatic heterocycles. The lowest BCUT2D eigenvalue weighted by atomic mass is 10.2. The molecule has 1 heterocycles. The first-order valence-corrected chi connectivity index (χ1v) is 6.89. The van der Waals surface area contributed by atoms with Gasteiger partial charge in [0.1, 0.15) is 0 Å². The molecule has 0 spiro atoms. The molecule has 1 fully saturated rings. The minimum atomic E-state index is 0.423. The monoisotopic (exact) mass is 239 g/mol. The van der Waals surface area contributed by atoms with Gasteiger partial charge in [-0.05, 0) is 33.6 Å². The molecule has 4 heteroatoms. The van der Waals surface area contributed by atoms with E-state index in [1.54, 1.807) is 11.3 Å². The van der Waals surface area contributed by atoms with Crippen molar-refractivity contribution in [2.24, 2.45) is 0 Å². The molecule has 2 N–H and O–H groups in total. The summed E-state index contributed by atoms with van der Waals surface area (Å²) < 4.78 is 0. The molecule has 1 aliphatic carbocycles. The van der Waals surface area contributed by atoms with Crippen LogP contribution in [0.25, 0.3) is 0 Å². The Morgan fingerprint density at radius 1 is 1.38 bits per heavy atom. The molecule has 1 aromatic rings. The normalized spacial score (nSPS) is 17.7. The van der Waals surface area contributed by atoms with Crippen molar-refractivity contribution in [3.8, 4) is 0 Å². The van der Waals surface area contributed by atoms with Crippen LogP contribution >= 0.6 is 11.3 Å². The summed E-state index contributed by atoms with van der Waals surface area (Å²) in [5.41, 5.74) is 1.18. The second-order valence-electron chi connectivity index (χ2n) is 4.59. The van der Waals surface area contributed by atoms with Gasteiger partial charge >= 0.3 is 0 Å². The number of hydrogen-bond acceptors (Lipinski definition) is 4. The van der Waals surface area contributed by atoms with E-state index in [9.17, 15) is 0 Å². The SMILES string of the molecule is Cc1nc(C)c(C(C)NCCNC2CC2)s1. The predicted molar refractivity (Wildman–Crippen MR) is 69.0 cm³/mol. The maximum absolute atomic E-state index is 4.46. The Morgan fingerprint density at radius 2 is 2.12 bits per heavy atom. The van der Waals surface area contributed by atoms with Crippen LogP contribution in [0.5, 0.6) is 0 Å². The lowest BCUT2D eigenvalue weighted by Crippen LogP contribution is -2.30. The van der Waals surface area contributed by atoms with Gasteiger partial charge < -0.3 is 10.6 Å². The van der Waals surface area contributed by atoms with Crippen molar-refractivity contribution in [2.45, 2.75) is 45.7 Å². The summed E-state index contributed by atoms with van der Waals surface area (Å²) in [7, 11) is 0. The third-order valence-corrected chi connectivity index (χ3v) is 4.17. The maximum Gasteiger partial charge on any atom is 0.0900 e. The molecule has 90 valence electrons. The highest BCUT2D eigenvalue weighted by Crippen LogP contribution is 2.24. The molecule has 0 saturated heterocycles. The zero-order valence-electron chi connectivity index (χ0n) is 10.3. The van der Waals surface area contributed by atoms with E-state index in [-0.39, 0.29) is 0 Å². The van der Waals surface area contributed by atoms with Crippen molar-refractivity contribution in [3.63, 3.8) is 0 Å². The number of thiazole rings is 1. The van der Waals surface area contributed by atoms with Gasteiger partial charge in [-0.1, -0.05) is 0 Å². The van der Waals surface area contributed by atoms with E-state index in [1.165, 1.54) is 23.4 Å². The molecular formula is C12H21N3S. The van der Waals surface area contributed by atoms with Crippen molar-refractivity contribution in [1.29, 1.82) is 0 Å². The van der Waals surface area contributed by atoms with Gasteiger partial charge in [-0.25, -0.2) is 4.98 Å². The van der Waals surface area contributed by atoms with Crippen LogP contribution in [0.3, 0.4) is 0 Å². The first-order valence-electron chi connectivity index (χ1n) is 6.07. The van der Waals surface area contributed by atoms with Crippen LogP contribution in [-0.2, 0) is 0 Å². The number of aryl methyl sites for hydroxylation is 2. The maximum atomic E-state index is 4.46. The molecule has 1 atom stereocenters. The molecule has 0 aromatic carbocycles. The molecule has 0 radical (unpaired) electrons. The van der Waals surface area contributed by atoms with E-state index in [1.807, 2.05) is 0 Å². The quantitative estimate of drug-likeness (QED) is 0.747. The van der Waals surface area contributed by atoms with Crippen molar-refractivity contribution in [3.05, 3.63) is 15.6 Å². The van der Waals surface area contributed by atoms with Crippen molar-refractivity contribution in [2.75, 3.05) is 13.1 Å². The topological polar surface area (TPSA) is 37.0 Å². The molecule has 2 rings (SSSR count). The van der Waals surface area contributed by atoms with Gasteiger partial charge in [0.05, 0.1) is 10.7 Å². The Balaban J connectivity index is 1.73. The molecule has 0 amide bonds. The lowest BCUT2D eigenvalue weighted by molar-refractivity contribution is 0.547. The number of hydrogen-bond donors (Lipinski definition) is 2. The summed E-state index contributed by atoms with van der Waals surface area (Å²) in [6.45, 7) is 8.50. The molecule has 16 heavy (non-hydrogen) atoms. The number of aromatic nitrogens is 1. The van der Waals surface area contributed by atoms with E-state index in [0.29, 0.717) is 6.04 Å². The number of rotatable bonds is 6. The van der Waals surface area contributed by atoms with Crippen LogP contribution in [-0.4, -0.2) is 24.1 Å². The fourth-order valence-corrected chi connectivity index (χ4v) is 2.85. The second kappa shape index (κ2) is 5.25. The Labute approximate surface area is 102 Å². The number of nitrogens with zero attached hydrogens (tertiary/aromatic N) is 1. The fraction of sp³-hybridized carbons (Fsp3) is 0.750. The average molecular weight is 239 g/mol. The van der Waals surface area contributed by atoms with Crippen LogP contribution in [0.1, 0.15) is 41.4 Å². The van der Waals surface area contributed by atoms with Crippen LogP contribution < -0.4 is 10.6 Å². The summed E-state index contributed by atoms with van der Waals surface area (Å²) in [6.07, 6.45) is 2.73. The third-order valence-electron chi connectivity index (χ3n) is 2.92. The van der Waals surface area contributed by atoms with Gasteiger partial charge in [-0.15, -0.1) is 11.3 Å². The molecule has 1 unspecified atom stereocenters. The lowest BCUT2D eigenvalue weighted by Gasteiger charge is -2.12. The Morgan fingerprint density at radius 3 is 2.69 bits per heavy atom. The van der Waals surface area contributed by atoms with Gasteiger partial charge in [0, 0.05) is 30.1 Å². The third kappa shape index (κ3) is 3.27. The van der Waals surface area contributed by atoms with Crippen molar-refractivity contribution in [1.82, 2.24) is 15.6 Å². The van der Waals surface area contributed by atoms with Gasteiger partial charge in [0.15, 0.2) is 0 Å². The molecule has 0 aliphatic heterocycles. The Kier molecular flexibility index (Phi) is 3.95. The summed E-state index contributed by atoms with van der Waals surface area (Å²) in [4.78, 5) is 5.84. The molecule has 1 saturated carbocycles. The summed E-state index contributed by atoms with van der Waals surface area (Å²) in [5, 5.41) is 8.22. The Hall–Kier alpha value is -0.450. The van der Waals surface area contributed by atoms with Crippen molar-refractivity contribution >= 4 is 11.3 Å². The minimum Gasteiger partial charge on any atom is -0.313 e. The smallest absolute Gasteiger partial charge is 0.0900 e. The molecule has 1 aliphatic rings. The first kappa shape index (κ1) is 12.0. The van der Waals surface area contributed by atoms with Gasteiger partial charge in [0.2, 0.25) is 0 Å². The zero-order chi connectivity index (χ0) is 11.5. The second-order valence-corrected chi connectivity index (χ2v) is 5.82. The Bertz CT molecular complexity index is 344. The average Bonchev–Trinajstić information content (AvgIpc) is 2.98. The van der Waals surface area contributed by atoms with E-state index in [2.05, 4.69) is 36.4 Å². The van der Waals surface area contributed by atoms with Crippen LogP contribution in [0, 0.1) is 13.8 Å². The predicted octanol–water partition coefficient (Wildman–Crippen LogP) is 2.16. The van der Waals surface area contributed by atoms with Crippen LogP contribution in [0.2, 0.25) is 0 Å². The number of nitrogens with one attached hydrogen (secondary N) is 2. The molecule has 3 nitrogen and oxygen atoms in total. The van der Waals surface area contributed by atoms with Gasteiger partial charge in [-0.2, -0.15) is 0 Å². The standard InChI is InChI=1S/C12H21N3S/c1-8(12-9(2)15-10(3)16-12)13-6-7-14-11-4-5-11/h8,11,13-14H,4-7H2,1-3H3. The van der Waals surface area contributed by atoms with E-state index in [4.69, 9.17) is 0 Å². The van der Waals surface area contributed by atoms with Crippen molar-refractivity contribution < 1.29 is 0 Å². The summed E-state index contributed by atoms with van der Waals surface area (Å²) >= 11 is 1.81. The molecular weight excluding hydrogens is 218 g/mol. The fourth-order valence-electron chi connectivity index (χ4n) is 1.89. The molecule has 0 bridgehead atoms. The summed E-state index contributed by atoms with van der Waals surface area (Å²) in [6, 6.07) is 1.23. The minimum absolute atomic E-state index is 0.423. The van der Waals surface area contributed by atoms with E-state index >= 15 is 0 Å². The first-order chi connectivity index (χ1) is 7.66. The zero-order valence-corrected chi connectivity index (χ0v) is 11.2. The van der Waals surface area contributed by atoms with Crippen LogP contribution in [0.4, 0.5) is 0 Å². The van der Waals surface area contributed by atoms with Gasteiger partial charge in [-0.3, -0.25) is 0 Å². The van der Waals surface area contributed by atoms with Crippen LogP contribution in [0.15, 0.2) is 0 Å². The highest BCUT2D eigenvalue weighted by atomic mass is 32.1. The van der Waals surface area contributed by atoms with Gasteiger partial charge in [0.25, 0.3) is 0 Å². The largest absolute Gasteiger partial charge is 0.313 e. The highest BCUT2D eigenvalue weighted by Gasteiger charge is 2.19. The van der Waals surface area contributed by atoms with E-state index in [0.717, 1.165) is 24.1 Å².